The zero-order valence-electron chi connectivity index (χ0n) is 14.4. The molecule has 26 heavy (non-hydrogen) atoms. The van der Waals surface area contributed by atoms with E-state index < -0.39 is 6.10 Å². The van der Waals surface area contributed by atoms with E-state index in [0.29, 0.717) is 38.2 Å². The molecular formula is C19H22N4O3. The summed E-state index contributed by atoms with van der Waals surface area (Å²) < 4.78 is 1.80. The molecule has 7 nitrogen and oxygen atoms in total. The first kappa shape index (κ1) is 16.8. The number of carbonyl (C=O) groups is 1. The highest BCUT2D eigenvalue weighted by molar-refractivity contribution is 5.84. The van der Waals surface area contributed by atoms with Crippen LogP contribution in [0.5, 0.6) is 0 Å². The maximum Gasteiger partial charge on any atom is 0.223 e. The Morgan fingerprint density at radius 1 is 1.31 bits per heavy atom. The highest BCUT2D eigenvalue weighted by Gasteiger charge is 2.23. The lowest BCUT2D eigenvalue weighted by Gasteiger charge is -2.27. The van der Waals surface area contributed by atoms with Gasteiger partial charge in [0.05, 0.1) is 31.1 Å². The van der Waals surface area contributed by atoms with Crippen LogP contribution in [0.1, 0.15) is 29.5 Å². The second-order valence-corrected chi connectivity index (χ2v) is 6.66. The summed E-state index contributed by atoms with van der Waals surface area (Å²) in [5.74, 6) is 0.118. The van der Waals surface area contributed by atoms with Gasteiger partial charge in [-0.25, -0.2) is 0 Å². The molecule has 0 spiro atoms. The third-order valence-electron chi connectivity index (χ3n) is 4.97. The predicted molar refractivity (Wildman–Crippen MR) is 96.3 cm³/mol. The number of nitrogens with zero attached hydrogens (tertiary/aromatic N) is 3. The number of aryl methyl sites for hydroxylation is 1. The molecule has 0 radical (unpaired) electrons. The number of nitrogens with one attached hydrogen (secondary N) is 1. The van der Waals surface area contributed by atoms with Gasteiger partial charge in [-0.1, -0.05) is 18.2 Å². The first-order chi connectivity index (χ1) is 12.7. The molecule has 0 saturated heterocycles. The number of rotatable bonds is 5. The Morgan fingerprint density at radius 3 is 3.00 bits per heavy atom. The summed E-state index contributed by atoms with van der Waals surface area (Å²) in [7, 11) is 0. The lowest BCUT2D eigenvalue weighted by molar-refractivity contribution is -0.132. The first-order valence-electron chi connectivity index (χ1n) is 8.84. The van der Waals surface area contributed by atoms with Crippen molar-refractivity contribution in [1.82, 2.24) is 19.7 Å². The Bertz CT molecular complexity index is 930. The zero-order valence-corrected chi connectivity index (χ0v) is 14.4. The zero-order chi connectivity index (χ0) is 18.1. The quantitative estimate of drug-likeness (QED) is 0.645. The summed E-state index contributed by atoms with van der Waals surface area (Å²) in [4.78, 5) is 17.7. The van der Waals surface area contributed by atoms with Crippen molar-refractivity contribution in [1.29, 1.82) is 0 Å². The molecule has 1 amide bonds. The molecule has 3 N–H and O–H groups in total. The Hall–Kier alpha value is -2.64. The number of benzene rings is 1. The fourth-order valence-electron chi connectivity index (χ4n) is 3.50. The van der Waals surface area contributed by atoms with Gasteiger partial charge in [0.2, 0.25) is 5.91 Å². The maximum atomic E-state index is 12.6. The van der Waals surface area contributed by atoms with E-state index in [1.165, 1.54) is 5.39 Å². The van der Waals surface area contributed by atoms with Gasteiger partial charge in [-0.2, -0.15) is 5.10 Å². The Morgan fingerprint density at radius 2 is 2.15 bits per heavy atom. The molecule has 2 aromatic heterocycles. The molecule has 0 aliphatic carbocycles. The standard InChI is InChI=1S/C19H22N4O3/c24-12-18(25)17-9-14-11-22(7-8-23(14)21-17)19(26)6-5-13-10-20-16-4-2-1-3-15(13)16/h1-4,9-10,18,20,24-25H,5-8,11-12H2/t18-/m1/s1. The summed E-state index contributed by atoms with van der Waals surface area (Å²) in [6.07, 6.45) is 2.17. The summed E-state index contributed by atoms with van der Waals surface area (Å²) in [6, 6.07) is 9.86. The normalized spacial score (nSPS) is 15.2. The number of fused-ring (bicyclic) bond motifs is 2. The van der Waals surface area contributed by atoms with Crippen molar-refractivity contribution in [3.05, 3.63) is 53.5 Å². The van der Waals surface area contributed by atoms with E-state index in [9.17, 15) is 9.90 Å². The molecular weight excluding hydrogens is 332 g/mol. The number of aliphatic hydroxyl groups excluding tert-OH is 2. The first-order valence-corrected chi connectivity index (χ1v) is 8.84. The van der Waals surface area contributed by atoms with E-state index in [2.05, 4.69) is 16.1 Å². The van der Waals surface area contributed by atoms with Gasteiger partial charge in [-0.3, -0.25) is 9.48 Å². The van der Waals surface area contributed by atoms with Crippen LogP contribution in [0.15, 0.2) is 36.5 Å². The van der Waals surface area contributed by atoms with E-state index in [1.807, 2.05) is 29.3 Å². The van der Waals surface area contributed by atoms with Gasteiger partial charge < -0.3 is 20.1 Å². The van der Waals surface area contributed by atoms with Gasteiger partial charge in [-0.15, -0.1) is 0 Å². The van der Waals surface area contributed by atoms with Crippen molar-refractivity contribution >= 4 is 16.8 Å². The third kappa shape index (κ3) is 3.11. The van der Waals surface area contributed by atoms with Gasteiger partial charge in [0.1, 0.15) is 6.10 Å². The summed E-state index contributed by atoms with van der Waals surface area (Å²) in [6.45, 7) is 1.34. The van der Waals surface area contributed by atoms with Crippen molar-refractivity contribution in [3.8, 4) is 0 Å². The molecule has 1 aromatic carbocycles. The van der Waals surface area contributed by atoms with Crippen LogP contribution < -0.4 is 0 Å². The smallest absolute Gasteiger partial charge is 0.223 e. The van der Waals surface area contributed by atoms with Crippen molar-refractivity contribution in [2.45, 2.75) is 32.0 Å². The minimum atomic E-state index is -0.973. The van der Waals surface area contributed by atoms with Crippen molar-refractivity contribution in [2.75, 3.05) is 13.2 Å². The van der Waals surface area contributed by atoms with Crippen LogP contribution in [-0.2, 0) is 24.3 Å². The molecule has 3 heterocycles. The molecule has 0 bridgehead atoms. The monoisotopic (exact) mass is 354 g/mol. The van der Waals surface area contributed by atoms with Gasteiger partial charge in [0, 0.05) is 30.1 Å². The minimum absolute atomic E-state index is 0.118. The maximum absolute atomic E-state index is 12.6. The summed E-state index contributed by atoms with van der Waals surface area (Å²) in [5.41, 5.74) is 3.59. The fourth-order valence-corrected chi connectivity index (χ4v) is 3.50. The van der Waals surface area contributed by atoms with Gasteiger partial charge in [-0.05, 0) is 24.1 Å². The number of aliphatic hydroxyl groups is 2. The van der Waals surface area contributed by atoms with E-state index in [1.54, 1.807) is 10.7 Å². The van der Waals surface area contributed by atoms with Gasteiger partial charge in [0.15, 0.2) is 0 Å². The van der Waals surface area contributed by atoms with Crippen LogP contribution >= 0.6 is 0 Å². The second kappa shape index (κ2) is 6.93. The number of para-hydroxylation sites is 1. The molecule has 7 heteroatoms. The Labute approximate surface area is 150 Å². The lowest BCUT2D eigenvalue weighted by Crippen LogP contribution is -2.38. The predicted octanol–water partition coefficient (Wildman–Crippen LogP) is 1.37. The largest absolute Gasteiger partial charge is 0.393 e. The number of amides is 1. The molecule has 1 aliphatic heterocycles. The van der Waals surface area contributed by atoms with Crippen molar-refractivity contribution in [3.63, 3.8) is 0 Å². The molecule has 0 unspecified atom stereocenters. The number of aromatic amines is 1. The number of carbonyl (C=O) groups excluding carboxylic acids is 1. The highest BCUT2D eigenvalue weighted by Crippen LogP contribution is 2.21. The summed E-state index contributed by atoms with van der Waals surface area (Å²) in [5, 5.41) is 24.2. The molecule has 1 aliphatic rings. The number of hydrogen-bond acceptors (Lipinski definition) is 4. The van der Waals surface area contributed by atoms with Gasteiger partial charge >= 0.3 is 0 Å². The molecule has 1 atom stereocenters. The van der Waals surface area contributed by atoms with Crippen LogP contribution in [0.2, 0.25) is 0 Å². The fraction of sp³-hybridized carbons (Fsp3) is 0.368. The van der Waals surface area contributed by atoms with Crippen LogP contribution in [-0.4, -0.2) is 48.9 Å². The highest BCUT2D eigenvalue weighted by atomic mass is 16.3. The van der Waals surface area contributed by atoms with E-state index in [4.69, 9.17) is 5.11 Å². The Balaban J connectivity index is 1.40. The van der Waals surface area contributed by atoms with Gasteiger partial charge in [0.25, 0.3) is 0 Å². The van der Waals surface area contributed by atoms with E-state index in [0.717, 1.165) is 16.8 Å². The lowest BCUT2D eigenvalue weighted by atomic mass is 10.1. The molecule has 3 aromatic rings. The molecule has 0 saturated carbocycles. The SMILES string of the molecule is O=C(CCc1c[nH]c2ccccc12)N1CCn2nc([C@H](O)CO)cc2C1. The van der Waals surface area contributed by atoms with Crippen LogP contribution in [0.4, 0.5) is 0 Å². The summed E-state index contributed by atoms with van der Waals surface area (Å²) >= 11 is 0. The van der Waals surface area contributed by atoms with Crippen LogP contribution in [0.3, 0.4) is 0 Å². The molecule has 4 rings (SSSR count). The van der Waals surface area contributed by atoms with Crippen LogP contribution in [0.25, 0.3) is 10.9 Å². The van der Waals surface area contributed by atoms with Crippen molar-refractivity contribution in [2.24, 2.45) is 0 Å². The number of aromatic nitrogens is 3. The minimum Gasteiger partial charge on any atom is -0.393 e. The van der Waals surface area contributed by atoms with E-state index >= 15 is 0 Å². The Kier molecular flexibility index (Phi) is 4.48. The average molecular weight is 354 g/mol. The topological polar surface area (TPSA) is 94.4 Å². The van der Waals surface area contributed by atoms with Crippen LogP contribution in [0, 0.1) is 0 Å². The second-order valence-electron chi connectivity index (χ2n) is 6.66. The van der Waals surface area contributed by atoms with E-state index in [-0.39, 0.29) is 12.5 Å². The number of H-pyrrole nitrogens is 1. The average Bonchev–Trinajstić information content (AvgIpc) is 3.28. The third-order valence-corrected chi connectivity index (χ3v) is 4.97. The van der Waals surface area contributed by atoms with Crippen molar-refractivity contribution < 1.29 is 15.0 Å². The molecule has 136 valence electrons. The number of hydrogen-bond donors (Lipinski definition) is 3. The molecule has 0 fully saturated rings.